The second-order valence-electron chi connectivity index (χ2n) is 8.74. The summed E-state index contributed by atoms with van der Waals surface area (Å²) in [6.07, 6.45) is 2.80. The Morgan fingerprint density at radius 1 is 0.971 bits per heavy atom. The lowest BCUT2D eigenvalue weighted by Gasteiger charge is -2.36. The van der Waals surface area contributed by atoms with Crippen molar-refractivity contribution in [3.63, 3.8) is 0 Å². The first kappa shape index (κ1) is 21.8. The molecular weight excluding hydrogens is 424 g/mol. The van der Waals surface area contributed by atoms with E-state index in [9.17, 15) is 9.59 Å². The Morgan fingerprint density at radius 3 is 2.38 bits per heavy atom. The lowest BCUT2D eigenvalue weighted by atomic mass is 9.73. The van der Waals surface area contributed by atoms with Gasteiger partial charge in [-0.25, -0.2) is 4.79 Å². The molecule has 5 heteroatoms. The second kappa shape index (κ2) is 9.48. The summed E-state index contributed by atoms with van der Waals surface area (Å²) in [7, 11) is 0. The number of carbonyl (C=O) groups excluding carboxylic acids is 2. The Balaban J connectivity index is 1.50. The van der Waals surface area contributed by atoms with Gasteiger partial charge in [-0.1, -0.05) is 66.7 Å². The molecular formula is C29H26N2O3. The van der Waals surface area contributed by atoms with Gasteiger partial charge in [0.2, 0.25) is 0 Å². The van der Waals surface area contributed by atoms with E-state index in [0.717, 1.165) is 16.8 Å². The minimum absolute atomic E-state index is 0.0408. The summed E-state index contributed by atoms with van der Waals surface area (Å²) < 4.78 is 5.70. The smallest absolute Gasteiger partial charge is 0.337 e. The molecule has 170 valence electrons. The molecule has 0 spiro atoms. The van der Waals surface area contributed by atoms with Crippen LogP contribution in [0.2, 0.25) is 0 Å². The molecule has 2 aliphatic rings. The molecule has 34 heavy (non-hydrogen) atoms. The molecule has 3 aromatic rings. The number of ketones is 1. The highest BCUT2D eigenvalue weighted by atomic mass is 16.5. The van der Waals surface area contributed by atoms with Crippen molar-refractivity contribution in [3.8, 4) is 0 Å². The maximum atomic E-state index is 13.5. The summed E-state index contributed by atoms with van der Waals surface area (Å²) in [5, 5.41) is 3.39. The lowest BCUT2D eigenvalue weighted by Crippen LogP contribution is -2.36. The Kier molecular flexibility index (Phi) is 6.09. The fraction of sp³-hybridized carbons (Fsp3) is 0.207. The predicted molar refractivity (Wildman–Crippen MR) is 130 cm³/mol. The van der Waals surface area contributed by atoms with E-state index in [1.807, 2.05) is 73.7 Å². The number of ether oxygens (including phenoxy) is 1. The molecule has 1 N–H and O–H groups in total. The van der Waals surface area contributed by atoms with Crippen molar-refractivity contribution < 1.29 is 14.3 Å². The number of rotatable bonds is 5. The average molecular weight is 451 g/mol. The molecule has 0 fully saturated rings. The number of nitrogens with one attached hydrogen (secondary N) is 1. The van der Waals surface area contributed by atoms with Gasteiger partial charge in [-0.15, -0.1) is 0 Å². The summed E-state index contributed by atoms with van der Waals surface area (Å²) in [6, 6.07) is 25.3. The first-order valence-electron chi connectivity index (χ1n) is 11.5. The third kappa shape index (κ3) is 4.29. The summed E-state index contributed by atoms with van der Waals surface area (Å²) in [4.78, 5) is 31.4. The number of dihydropyridines is 1. The molecule has 0 radical (unpaired) electrons. The van der Waals surface area contributed by atoms with Crippen molar-refractivity contribution in [2.45, 2.75) is 38.2 Å². The fourth-order valence-corrected chi connectivity index (χ4v) is 4.91. The van der Waals surface area contributed by atoms with Crippen molar-refractivity contribution in [3.05, 3.63) is 124 Å². The van der Waals surface area contributed by atoms with Gasteiger partial charge in [0.15, 0.2) is 5.78 Å². The van der Waals surface area contributed by atoms with Crippen LogP contribution in [-0.2, 0) is 20.9 Å². The van der Waals surface area contributed by atoms with E-state index in [-0.39, 0.29) is 18.3 Å². The van der Waals surface area contributed by atoms with Crippen LogP contribution in [0.15, 0.2) is 108 Å². The maximum Gasteiger partial charge on any atom is 0.337 e. The van der Waals surface area contributed by atoms with Crippen LogP contribution in [0.1, 0.15) is 48.4 Å². The molecule has 0 saturated carbocycles. The van der Waals surface area contributed by atoms with E-state index in [0.29, 0.717) is 35.4 Å². The summed E-state index contributed by atoms with van der Waals surface area (Å²) in [5.74, 6) is -0.846. The Morgan fingerprint density at radius 2 is 1.68 bits per heavy atom. The van der Waals surface area contributed by atoms with Gasteiger partial charge in [0, 0.05) is 29.6 Å². The molecule has 1 aromatic heterocycles. The number of hydrogen-bond donors (Lipinski definition) is 1. The molecule has 5 nitrogen and oxygen atoms in total. The van der Waals surface area contributed by atoms with Crippen molar-refractivity contribution in [2.24, 2.45) is 0 Å². The Bertz CT molecular complexity index is 1260. The Labute approximate surface area is 199 Å². The zero-order chi connectivity index (χ0) is 23.5. The normalized spacial score (nSPS) is 20.0. The molecule has 1 aliphatic carbocycles. The minimum atomic E-state index is -0.551. The van der Waals surface area contributed by atoms with E-state index >= 15 is 0 Å². The van der Waals surface area contributed by atoms with E-state index in [1.54, 1.807) is 6.20 Å². The molecule has 0 amide bonds. The molecule has 2 atom stereocenters. The van der Waals surface area contributed by atoms with Crippen LogP contribution < -0.4 is 5.32 Å². The van der Waals surface area contributed by atoms with Crippen LogP contribution in [-0.4, -0.2) is 16.7 Å². The van der Waals surface area contributed by atoms with Gasteiger partial charge in [-0.3, -0.25) is 9.78 Å². The van der Waals surface area contributed by atoms with Crippen LogP contribution >= 0.6 is 0 Å². The van der Waals surface area contributed by atoms with E-state index in [2.05, 4.69) is 22.4 Å². The first-order valence-corrected chi connectivity index (χ1v) is 11.5. The number of allylic oxidation sites excluding steroid dienone is 3. The number of esters is 1. The highest BCUT2D eigenvalue weighted by Crippen LogP contribution is 2.45. The van der Waals surface area contributed by atoms with Gasteiger partial charge in [0.05, 0.1) is 17.2 Å². The highest BCUT2D eigenvalue weighted by molar-refractivity contribution is 6.04. The summed E-state index contributed by atoms with van der Waals surface area (Å²) >= 11 is 0. The first-order chi connectivity index (χ1) is 16.6. The topological polar surface area (TPSA) is 68.3 Å². The van der Waals surface area contributed by atoms with Crippen molar-refractivity contribution >= 4 is 11.8 Å². The molecule has 2 unspecified atom stereocenters. The number of carbonyl (C=O) groups is 2. The van der Waals surface area contributed by atoms with Gasteiger partial charge in [-0.2, -0.15) is 0 Å². The third-order valence-corrected chi connectivity index (χ3v) is 6.51. The van der Waals surface area contributed by atoms with Crippen LogP contribution in [0.25, 0.3) is 0 Å². The number of aromatic nitrogens is 1. The second-order valence-corrected chi connectivity index (χ2v) is 8.74. The number of pyridine rings is 1. The van der Waals surface area contributed by atoms with Gasteiger partial charge in [0.1, 0.15) is 6.61 Å². The Hall–Kier alpha value is -3.99. The van der Waals surface area contributed by atoms with Crippen LogP contribution in [0.3, 0.4) is 0 Å². The van der Waals surface area contributed by atoms with E-state index < -0.39 is 11.9 Å². The fourth-order valence-electron chi connectivity index (χ4n) is 4.91. The molecule has 0 bridgehead atoms. The van der Waals surface area contributed by atoms with E-state index in [1.165, 1.54) is 0 Å². The number of benzene rings is 2. The molecule has 1 aliphatic heterocycles. The lowest BCUT2D eigenvalue weighted by molar-refractivity contribution is -0.140. The zero-order valence-corrected chi connectivity index (χ0v) is 19.0. The predicted octanol–water partition coefficient (Wildman–Crippen LogP) is 5.19. The molecule has 2 heterocycles. The molecule has 2 aromatic carbocycles. The third-order valence-electron chi connectivity index (χ3n) is 6.51. The molecule has 5 rings (SSSR count). The van der Waals surface area contributed by atoms with Gasteiger partial charge < -0.3 is 10.1 Å². The van der Waals surface area contributed by atoms with Crippen molar-refractivity contribution in [2.75, 3.05) is 0 Å². The zero-order valence-electron chi connectivity index (χ0n) is 19.0. The SMILES string of the molecule is CC1=C(C(=O)OCc2ccccc2)C(c2ccccn2)C2=C(CC(c3ccccc3)CC2=O)N1. The van der Waals surface area contributed by atoms with Crippen LogP contribution in [0.4, 0.5) is 0 Å². The van der Waals surface area contributed by atoms with Gasteiger partial charge in [0.25, 0.3) is 0 Å². The van der Waals surface area contributed by atoms with Crippen molar-refractivity contribution in [1.29, 1.82) is 0 Å². The molecule has 0 saturated heterocycles. The van der Waals surface area contributed by atoms with Crippen molar-refractivity contribution in [1.82, 2.24) is 10.3 Å². The average Bonchev–Trinajstić information content (AvgIpc) is 2.88. The van der Waals surface area contributed by atoms with Gasteiger partial charge >= 0.3 is 5.97 Å². The standard InChI is InChI=1S/C29H26N2O3/c1-19-26(29(33)34-18-20-10-4-2-5-11-20)28(23-14-8-9-15-30-23)27-24(31-19)16-22(17-25(27)32)21-12-6-3-7-13-21/h2-15,22,28,31H,16-18H2,1H3. The number of hydrogen-bond acceptors (Lipinski definition) is 5. The van der Waals surface area contributed by atoms with Gasteiger partial charge in [-0.05, 0) is 42.5 Å². The number of Topliss-reactive ketones (excluding diaryl/α,β-unsaturated/α-hetero) is 1. The number of nitrogens with zero attached hydrogens (tertiary/aromatic N) is 1. The minimum Gasteiger partial charge on any atom is -0.457 e. The van der Waals surface area contributed by atoms with E-state index in [4.69, 9.17) is 4.74 Å². The largest absolute Gasteiger partial charge is 0.457 e. The quantitative estimate of drug-likeness (QED) is 0.542. The van der Waals surface area contributed by atoms with Crippen LogP contribution in [0, 0.1) is 0 Å². The highest BCUT2D eigenvalue weighted by Gasteiger charge is 2.42. The maximum absolute atomic E-state index is 13.5. The monoisotopic (exact) mass is 450 g/mol. The summed E-state index contributed by atoms with van der Waals surface area (Å²) in [6.45, 7) is 2.04. The summed E-state index contributed by atoms with van der Waals surface area (Å²) in [5.41, 5.74) is 5.38. The van der Waals surface area contributed by atoms with Crippen LogP contribution in [0.5, 0.6) is 0 Å².